The lowest BCUT2D eigenvalue weighted by atomic mass is 9.93. The lowest BCUT2D eigenvalue weighted by molar-refractivity contribution is -0.129. The maximum atomic E-state index is 14.1. The summed E-state index contributed by atoms with van der Waals surface area (Å²) in [5, 5.41) is 6.63. The Kier molecular flexibility index (Phi) is 6.88. The van der Waals surface area contributed by atoms with E-state index in [0.717, 1.165) is 25.7 Å². The third-order valence-corrected chi connectivity index (χ3v) is 6.46. The van der Waals surface area contributed by atoms with Gasteiger partial charge in [0.15, 0.2) is 0 Å². The van der Waals surface area contributed by atoms with Gasteiger partial charge in [0.25, 0.3) is 0 Å². The van der Waals surface area contributed by atoms with Crippen molar-refractivity contribution in [1.29, 1.82) is 0 Å². The van der Waals surface area contributed by atoms with Gasteiger partial charge < -0.3 is 10.6 Å². The van der Waals surface area contributed by atoms with E-state index in [0.29, 0.717) is 29.4 Å². The van der Waals surface area contributed by atoms with Crippen LogP contribution in [0.1, 0.15) is 43.7 Å². The SMILES string of the molecule is O=C(NC1CCCCC1)C(c1ccccc1Cl)N(C(=O)C1CNC1)c1cccc(F)c1. The van der Waals surface area contributed by atoms with Crippen LogP contribution in [0.2, 0.25) is 5.02 Å². The Morgan fingerprint density at radius 3 is 2.45 bits per heavy atom. The van der Waals surface area contributed by atoms with Gasteiger partial charge in [0, 0.05) is 35.4 Å². The molecule has 2 fully saturated rings. The Labute approximate surface area is 187 Å². The highest BCUT2D eigenvalue weighted by Gasteiger charge is 2.39. The van der Waals surface area contributed by atoms with Gasteiger partial charge in [0.05, 0.1) is 5.92 Å². The van der Waals surface area contributed by atoms with Crippen LogP contribution >= 0.6 is 11.6 Å². The maximum absolute atomic E-state index is 14.1. The molecule has 1 saturated heterocycles. The third kappa shape index (κ3) is 4.91. The van der Waals surface area contributed by atoms with E-state index in [-0.39, 0.29) is 23.8 Å². The predicted octanol–water partition coefficient (Wildman–Crippen LogP) is 4.22. The second kappa shape index (κ2) is 9.79. The lowest BCUT2D eigenvalue weighted by Gasteiger charge is -2.38. The maximum Gasteiger partial charge on any atom is 0.248 e. The van der Waals surface area contributed by atoms with Crippen molar-refractivity contribution in [3.05, 3.63) is 64.9 Å². The lowest BCUT2D eigenvalue weighted by Crippen LogP contribution is -2.55. The first kappa shape index (κ1) is 21.8. The van der Waals surface area contributed by atoms with Crippen LogP contribution in [-0.4, -0.2) is 30.9 Å². The van der Waals surface area contributed by atoms with E-state index in [2.05, 4.69) is 10.6 Å². The minimum Gasteiger partial charge on any atom is -0.351 e. The number of nitrogens with one attached hydrogen (secondary N) is 2. The monoisotopic (exact) mass is 443 g/mol. The van der Waals surface area contributed by atoms with Crippen molar-refractivity contribution in [2.45, 2.75) is 44.2 Å². The molecule has 2 amide bonds. The van der Waals surface area contributed by atoms with Crippen molar-refractivity contribution in [3.8, 4) is 0 Å². The van der Waals surface area contributed by atoms with Gasteiger partial charge >= 0.3 is 0 Å². The molecule has 0 bridgehead atoms. The number of amides is 2. The average molecular weight is 444 g/mol. The van der Waals surface area contributed by atoms with Crippen molar-refractivity contribution in [2.24, 2.45) is 5.92 Å². The summed E-state index contributed by atoms with van der Waals surface area (Å²) in [6, 6.07) is 11.9. The minimum absolute atomic E-state index is 0.0704. The number of carbonyl (C=O) groups is 2. The summed E-state index contributed by atoms with van der Waals surface area (Å²) in [7, 11) is 0. The van der Waals surface area contributed by atoms with Crippen LogP contribution in [-0.2, 0) is 9.59 Å². The molecule has 0 spiro atoms. The summed E-state index contributed by atoms with van der Waals surface area (Å²) in [5.74, 6) is -1.23. The summed E-state index contributed by atoms with van der Waals surface area (Å²) in [5.41, 5.74) is 0.878. The number of carbonyl (C=O) groups excluding carboxylic acids is 2. The summed E-state index contributed by atoms with van der Waals surface area (Å²) >= 11 is 6.50. The van der Waals surface area contributed by atoms with Crippen molar-refractivity contribution in [1.82, 2.24) is 10.6 Å². The summed E-state index contributed by atoms with van der Waals surface area (Å²) in [4.78, 5) is 28.5. The predicted molar refractivity (Wildman–Crippen MR) is 119 cm³/mol. The molecule has 164 valence electrons. The van der Waals surface area contributed by atoms with E-state index in [1.165, 1.54) is 23.5 Å². The van der Waals surface area contributed by atoms with Crippen molar-refractivity contribution < 1.29 is 14.0 Å². The highest BCUT2D eigenvalue weighted by molar-refractivity contribution is 6.31. The molecule has 1 aliphatic carbocycles. The molecule has 2 N–H and O–H groups in total. The fourth-order valence-corrected chi connectivity index (χ4v) is 4.55. The largest absolute Gasteiger partial charge is 0.351 e. The second-order valence-electron chi connectivity index (χ2n) is 8.31. The highest BCUT2D eigenvalue weighted by Crippen LogP contribution is 2.34. The topological polar surface area (TPSA) is 61.4 Å². The zero-order valence-corrected chi connectivity index (χ0v) is 18.1. The Morgan fingerprint density at radius 1 is 1.06 bits per heavy atom. The fourth-order valence-electron chi connectivity index (χ4n) is 4.31. The molecular weight excluding hydrogens is 417 g/mol. The zero-order chi connectivity index (χ0) is 21.8. The van der Waals surface area contributed by atoms with E-state index in [1.807, 2.05) is 0 Å². The standard InChI is InChI=1S/C24H27ClFN3O2/c25-21-12-5-4-11-20(21)22(23(30)28-18-8-2-1-3-9-18)29(24(31)16-14-27-15-16)19-10-6-7-17(26)13-19/h4-7,10-13,16,18,22,27H,1-3,8-9,14-15H2,(H,28,30). The number of benzene rings is 2. The summed E-state index contributed by atoms with van der Waals surface area (Å²) in [6.45, 7) is 1.06. The van der Waals surface area contributed by atoms with Crippen LogP contribution in [0.4, 0.5) is 10.1 Å². The number of anilines is 1. The molecule has 1 heterocycles. The van der Waals surface area contributed by atoms with Gasteiger partial charge in [0.1, 0.15) is 11.9 Å². The number of halogens is 2. The van der Waals surface area contributed by atoms with E-state index < -0.39 is 11.9 Å². The molecule has 5 nitrogen and oxygen atoms in total. The molecule has 1 atom stereocenters. The first-order valence-corrected chi connectivity index (χ1v) is 11.3. The van der Waals surface area contributed by atoms with Crippen LogP contribution in [0.3, 0.4) is 0 Å². The highest BCUT2D eigenvalue weighted by atomic mass is 35.5. The van der Waals surface area contributed by atoms with E-state index in [9.17, 15) is 14.0 Å². The van der Waals surface area contributed by atoms with E-state index in [1.54, 1.807) is 36.4 Å². The molecule has 0 aromatic heterocycles. The molecule has 31 heavy (non-hydrogen) atoms. The van der Waals surface area contributed by atoms with Crippen LogP contribution < -0.4 is 15.5 Å². The van der Waals surface area contributed by atoms with Crippen LogP contribution in [0.15, 0.2) is 48.5 Å². The zero-order valence-electron chi connectivity index (χ0n) is 17.3. The van der Waals surface area contributed by atoms with Crippen molar-refractivity contribution >= 4 is 29.1 Å². The molecule has 2 aliphatic rings. The van der Waals surface area contributed by atoms with Gasteiger partial charge in [-0.2, -0.15) is 0 Å². The summed E-state index contributed by atoms with van der Waals surface area (Å²) < 4.78 is 14.1. The van der Waals surface area contributed by atoms with Crippen LogP contribution in [0, 0.1) is 11.7 Å². The molecule has 4 rings (SSSR count). The molecular formula is C24H27ClFN3O2. The van der Waals surface area contributed by atoms with Gasteiger partial charge in [-0.15, -0.1) is 0 Å². The number of hydrogen-bond donors (Lipinski definition) is 2. The van der Waals surface area contributed by atoms with Crippen molar-refractivity contribution in [3.63, 3.8) is 0 Å². The van der Waals surface area contributed by atoms with Crippen LogP contribution in [0.25, 0.3) is 0 Å². The third-order valence-electron chi connectivity index (χ3n) is 6.11. The molecule has 7 heteroatoms. The number of nitrogens with zero attached hydrogens (tertiary/aromatic N) is 1. The molecule has 2 aromatic carbocycles. The van der Waals surface area contributed by atoms with Crippen LogP contribution in [0.5, 0.6) is 0 Å². The van der Waals surface area contributed by atoms with Gasteiger partial charge in [-0.3, -0.25) is 14.5 Å². The van der Waals surface area contributed by atoms with Crippen molar-refractivity contribution in [2.75, 3.05) is 18.0 Å². The first-order chi connectivity index (χ1) is 15.0. The molecule has 1 saturated carbocycles. The first-order valence-electron chi connectivity index (χ1n) is 10.9. The van der Waals surface area contributed by atoms with Gasteiger partial charge in [0.2, 0.25) is 11.8 Å². The Bertz CT molecular complexity index is 944. The normalized spacial score (nSPS) is 18.1. The molecule has 2 aromatic rings. The second-order valence-corrected chi connectivity index (χ2v) is 8.72. The van der Waals surface area contributed by atoms with E-state index in [4.69, 9.17) is 11.6 Å². The van der Waals surface area contributed by atoms with Gasteiger partial charge in [-0.25, -0.2) is 4.39 Å². The Morgan fingerprint density at radius 2 is 1.81 bits per heavy atom. The molecule has 1 unspecified atom stereocenters. The average Bonchev–Trinajstić information content (AvgIpc) is 2.72. The smallest absolute Gasteiger partial charge is 0.248 e. The quantitative estimate of drug-likeness (QED) is 0.702. The molecule has 1 aliphatic heterocycles. The Hall–Kier alpha value is -2.44. The fraction of sp³-hybridized carbons (Fsp3) is 0.417. The van der Waals surface area contributed by atoms with Gasteiger partial charge in [-0.1, -0.05) is 55.1 Å². The minimum atomic E-state index is -0.981. The molecule has 0 radical (unpaired) electrons. The Balaban J connectivity index is 1.76. The number of hydrogen-bond acceptors (Lipinski definition) is 3. The van der Waals surface area contributed by atoms with E-state index >= 15 is 0 Å². The van der Waals surface area contributed by atoms with Gasteiger partial charge in [-0.05, 0) is 37.1 Å². The summed E-state index contributed by atoms with van der Waals surface area (Å²) in [6.07, 6.45) is 5.15. The number of rotatable bonds is 6.